The normalized spacial score (nSPS) is 11.6. The van der Waals surface area contributed by atoms with E-state index < -0.39 is 11.6 Å². The molecule has 0 radical (unpaired) electrons. The number of nitrogens with zero attached hydrogens (tertiary/aromatic N) is 3. The number of fused-ring (bicyclic) bond motifs is 1. The fraction of sp³-hybridized carbons (Fsp3) is 0.250. The van der Waals surface area contributed by atoms with Crippen LogP contribution in [-0.4, -0.2) is 28.8 Å². The predicted molar refractivity (Wildman–Crippen MR) is 282 cm³/mol. The summed E-state index contributed by atoms with van der Waals surface area (Å²) in [6.07, 6.45) is 3.98. The largest absolute Gasteiger partial charge is 0.493 e. The Morgan fingerprint density at radius 1 is 0.696 bits per heavy atom. The van der Waals surface area contributed by atoms with Crippen molar-refractivity contribution in [2.75, 3.05) is 23.4 Å². The van der Waals surface area contributed by atoms with Crippen molar-refractivity contribution in [2.24, 2.45) is 5.73 Å². The first-order chi connectivity index (χ1) is 33.6. The van der Waals surface area contributed by atoms with Crippen LogP contribution in [0.25, 0.3) is 22.2 Å². The lowest BCUT2D eigenvalue weighted by Crippen LogP contribution is -2.40. The third kappa shape index (κ3) is 10.3. The molecule has 0 spiro atoms. The molecule has 0 saturated carbocycles. The maximum absolute atomic E-state index is 15.6. The van der Waals surface area contributed by atoms with E-state index in [9.17, 15) is 4.79 Å². The van der Waals surface area contributed by atoms with Crippen molar-refractivity contribution in [1.29, 1.82) is 0 Å². The van der Waals surface area contributed by atoms with Crippen molar-refractivity contribution >= 4 is 34.1 Å². The molecule has 2 heterocycles. The second-order valence-corrected chi connectivity index (χ2v) is 18.1. The monoisotopic (exact) mass is 917 g/mol. The molecule has 8 rings (SSSR count). The minimum atomic E-state index is -0.815. The van der Waals surface area contributed by atoms with E-state index in [1.165, 1.54) is 4.90 Å². The lowest BCUT2D eigenvalue weighted by Gasteiger charge is -2.39. The summed E-state index contributed by atoms with van der Waals surface area (Å²) in [5, 5.41) is 4.80. The molecule has 69 heavy (non-hydrogen) atoms. The van der Waals surface area contributed by atoms with Crippen molar-refractivity contribution in [3.05, 3.63) is 220 Å². The SMILES string of the molecule is CCCCn1c(=O)c(N(C(N)=O)c2c(C(C)C)cc(NC(c3ccccc3)(c3ccccc3)c3ccccc3)cc2C(C)C)c(-c2cccc(OCCCOCc3ccccc3)c2)c2cccnc21. The number of aryl methyl sites for hydroxylation is 1. The number of primary amides is 1. The number of pyridine rings is 2. The van der Waals surface area contributed by atoms with E-state index >= 15 is 4.79 Å². The molecule has 0 aliphatic heterocycles. The van der Waals surface area contributed by atoms with Crippen LogP contribution in [0.4, 0.5) is 21.9 Å². The average Bonchev–Trinajstić information content (AvgIpc) is 3.37. The number of aromatic nitrogens is 2. The molecule has 6 aromatic carbocycles. The second kappa shape index (κ2) is 22.1. The van der Waals surface area contributed by atoms with Gasteiger partial charge < -0.3 is 20.5 Å². The van der Waals surface area contributed by atoms with Crippen molar-refractivity contribution in [1.82, 2.24) is 9.55 Å². The topological polar surface area (TPSA) is 112 Å². The van der Waals surface area contributed by atoms with Crippen LogP contribution in [0.15, 0.2) is 181 Å². The Morgan fingerprint density at radius 2 is 1.28 bits per heavy atom. The number of nitrogens with one attached hydrogen (secondary N) is 1. The Hall–Kier alpha value is -7.49. The fourth-order valence-corrected chi connectivity index (χ4v) is 9.37. The number of urea groups is 1. The predicted octanol–water partition coefficient (Wildman–Crippen LogP) is 13.7. The Kier molecular flexibility index (Phi) is 15.4. The van der Waals surface area contributed by atoms with Crippen molar-refractivity contribution in [3.63, 3.8) is 0 Å². The molecule has 2 amide bonds. The van der Waals surface area contributed by atoms with Crippen LogP contribution in [0, 0.1) is 0 Å². The lowest BCUT2D eigenvalue weighted by atomic mass is 9.76. The van der Waals surface area contributed by atoms with Gasteiger partial charge in [0, 0.05) is 35.8 Å². The van der Waals surface area contributed by atoms with Crippen molar-refractivity contribution in [3.8, 4) is 16.9 Å². The Balaban J connectivity index is 1.29. The quantitative estimate of drug-likeness (QED) is 0.0582. The molecule has 0 fully saturated rings. The molecule has 8 aromatic rings. The van der Waals surface area contributed by atoms with Crippen LogP contribution < -0.4 is 26.2 Å². The van der Waals surface area contributed by atoms with Crippen LogP contribution >= 0.6 is 0 Å². The zero-order valence-electron chi connectivity index (χ0n) is 40.4. The van der Waals surface area contributed by atoms with Gasteiger partial charge >= 0.3 is 6.03 Å². The van der Waals surface area contributed by atoms with Gasteiger partial charge in [0.1, 0.15) is 22.6 Å². The number of amides is 2. The molecule has 0 aliphatic rings. The first-order valence-corrected chi connectivity index (χ1v) is 24.2. The van der Waals surface area contributed by atoms with E-state index in [1.54, 1.807) is 10.8 Å². The third-order valence-corrected chi connectivity index (χ3v) is 12.7. The van der Waals surface area contributed by atoms with Crippen molar-refractivity contribution in [2.45, 2.75) is 84.4 Å². The molecule has 0 bridgehead atoms. The standard InChI is InChI=1S/C60H63N5O4/c1-6-7-35-64-57-51(33-21-34-62-57)54(45-25-20-32-50(38-45)69-37-22-36-68-41-44-23-12-8-13-24-44)56(58(64)66)65(59(61)67)55-52(42(2)3)39-49(40-53(55)43(4)5)63-60(46-26-14-9-15-27-46,47-28-16-10-17-29-47)48-30-18-11-19-31-48/h8-21,23-34,38-40,42-43,63H,6-7,22,35-37,41H2,1-5H3,(H2,61,67). The number of ether oxygens (including phenoxy) is 2. The van der Waals surface area contributed by atoms with Crippen LogP contribution in [0.5, 0.6) is 5.75 Å². The average molecular weight is 918 g/mol. The van der Waals surface area contributed by atoms with Gasteiger partial charge in [0.25, 0.3) is 5.56 Å². The highest BCUT2D eigenvalue weighted by Gasteiger charge is 2.38. The molecule has 3 N–H and O–H groups in total. The minimum absolute atomic E-state index is 0.109. The van der Waals surface area contributed by atoms with Gasteiger partial charge in [-0.05, 0) is 93.6 Å². The van der Waals surface area contributed by atoms with E-state index in [2.05, 4.69) is 125 Å². The van der Waals surface area contributed by atoms with E-state index in [1.807, 2.05) is 84.9 Å². The van der Waals surface area contributed by atoms with E-state index in [0.717, 1.165) is 57.3 Å². The van der Waals surface area contributed by atoms with E-state index in [4.69, 9.17) is 20.2 Å². The zero-order chi connectivity index (χ0) is 48.3. The third-order valence-electron chi connectivity index (χ3n) is 12.7. The van der Waals surface area contributed by atoms with Gasteiger partial charge in [-0.1, -0.05) is 174 Å². The van der Waals surface area contributed by atoms with Gasteiger partial charge in [0.05, 0.1) is 25.5 Å². The zero-order valence-corrected chi connectivity index (χ0v) is 40.4. The smallest absolute Gasteiger partial charge is 0.324 e. The molecule has 2 aromatic heterocycles. The molecule has 0 unspecified atom stereocenters. The van der Waals surface area contributed by atoms with E-state index in [-0.39, 0.29) is 23.1 Å². The Morgan fingerprint density at radius 3 is 1.83 bits per heavy atom. The molecular weight excluding hydrogens is 855 g/mol. The van der Waals surface area contributed by atoms with E-state index in [0.29, 0.717) is 61.0 Å². The number of unbranched alkanes of at least 4 members (excludes halogenated alkanes) is 1. The van der Waals surface area contributed by atoms with Gasteiger partial charge in [-0.3, -0.25) is 14.3 Å². The van der Waals surface area contributed by atoms with Crippen molar-refractivity contribution < 1.29 is 14.3 Å². The number of hydrogen-bond donors (Lipinski definition) is 2. The Labute approximate surface area is 406 Å². The van der Waals surface area contributed by atoms with Crippen LogP contribution in [-0.2, 0) is 23.4 Å². The summed E-state index contributed by atoms with van der Waals surface area (Å²) in [7, 11) is 0. The number of carbonyl (C=O) groups is 1. The number of nitrogens with two attached hydrogens (primary N) is 1. The van der Waals surface area contributed by atoms with Crippen LogP contribution in [0.3, 0.4) is 0 Å². The molecule has 9 heteroatoms. The van der Waals surface area contributed by atoms with Gasteiger partial charge in [0.2, 0.25) is 0 Å². The summed E-state index contributed by atoms with van der Waals surface area (Å²) < 4.78 is 14.0. The summed E-state index contributed by atoms with van der Waals surface area (Å²) >= 11 is 0. The summed E-state index contributed by atoms with van der Waals surface area (Å²) in [5.74, 6) is 0.406. The first kappa shape index (κ1) is 48.0. The summed E-state index contributed by atoms with van der Waals surface area (Å²) in [4.78, 5) is 36.5. The highest BCUT2D eigenvalue weighted by Crippen LogP contribution is 2.47. The number of hydrogen-bond acceptors (Lipinski definition) is 6. The minimum Gasteiger partial charge on any atom is -0.493 e. The number of carbonyl (C=O) groups excluding carboxylic acids is 1. The van der Waals surface area contributed by atoms with Crippen LogP contribution in [0.1, 0.15) is 99.1 Å². The summed E-state index contributed by atoms with van der Waals surface area (Å²) in [6, 6.07) is 56.6. The number of anilines is 3. The highest BCUT2D eigenvalue weighted by molar-refractivity contribution is 6.09. The molecular formula is C60H63N5O4. The maximum Gasteiger partial charge on any atom is 0.324 e. The van der Waals surface area contributed by atoms with Gasteiger partial charge in [-0.2, -0.15) is 0 Å². The molecule has 0 atom stereocenters. The van der Waals surface area contributed by atoms with Gasteiger partial charge in [0.15, 0.2) is 0 Å². The molecule has 352 valence electrons. The maximum atomic E-state index is 15.6. The van der Waals surface area contributed by atoms with Gasteiger partial charge in [-0.25, -0.2) is 9.78 Å². The lowest BCUT2D eigenvalue weighted by molar-refractivity contribution is 0.107. The fourth-order valence-electron chi connectivity index (χ4n) is 9.37. The number of rotatable bonds is 20. The summed E-state index contributed by atoms with van der Waals surface area (Å²) in [6.45, 7) is 12.5. The highest BCUT2D eigenvalue weighted by atomic mass is 16.5. The molecule has 0 aliphatic carbocycles. The first-order valence-electron chi connectivity index (χ1n) is 24.2. The summed E-state index contributed by atoms with van der Waals surface area (Å²) in [5.41, 5.74) is 14.9. The Bertz CT molecular complexity index is 2900. The molecule has 0 saturated heterocycles. The van der Waals surface area contributed by atoms with Gasteiger partial charge in [-0.15, -0.1) is 0 Å². The number of benzene rings is 6. The second-order valence-electron chi connectivity index (χ2n) is 18.1. The molecule has 9 nitrogen and oxygen atoms in total. The van der Waals surface area contributed by atoms with Crippen LogP contribution in [0.2, 0.25) is 0 Å².